The van der Waals surface area contributed by atoms with Gasteiger partial charge in [0.1, 0.15) is 0 Å². The van der Waals surface area contributed by atoms with Gasteiger partial charge >= 0.3 is 5.97 Å². The van der Waals surface area contributed by atoms with Crippen LogP contribution in [0.2, 0.25) is 0 Å². The highest BCUT2D eigenvalue weighted by molar-refractivity contribution is 5.70. The molecule has 1 aliphatic heterocycles. The van der Waals surface area contributed by atoms with Crippen LogP contribution in [0, 0.1) is 12.8 Å². The second-order valence-electron chi connectivity index (χ2n) is 5.20. The minimum absolute atomic E-state index is 0.218. The van der Waals surface area contributed by atoms with Gasteiger partial charge in [0, 0.05) is 31.0 Å². The van der Waals surface area contributed by atoms with Crippen LogP contribution in [-0.4, -0.2) is 33.5 Å². The molecule has 0 radical (unpaired) electrons. The molecule has 4 heteroatoms. The van der Waals surface area contributed by atoms with E-state index < -0.39 is 5.97 Å². The fraction of sp³-hybridized carbons (Fsp3) is 0.571. The monoisotopic (exact) mass is 248 g/mol. The van der Waals surface area contributed by atoms with Crippen LogP contribution in [0.15, 0.2) is 18.3 Å². The molecule has 0 spiro atoms. The second kappa shape index (κ2) is 5.48. The molecule has 1 aromatic heterocycles. The minimum atomic E-state index is -0.669. The third-order valence-electron chi connectivity index (χ3n) is 3.71. The molecular formula is C14H20N2O2. The summed E-state index contributed by atoms with van der Waals surface area (Å²) in [6, 6.07) is 4.52. The fourth-order valence-electron chi connectivity index (χ4n) is 2.54. The van der Waals surface area contributed by atoms with Gasteiger partial charge in [-0.25, -0.2) is 0 Å². The van der Waals surface area contributed by atoms with E-state index in [4.69, 9.17) is 5.11 Å². The first-order valence-electron chi connectivity index (χ1n) is 6.44. The van der Waals surface area contributed by atoms with Crippen LogP contribution in [0.25, 0.3) is 0 Å². The zero-order chi connectivity index (χ0) is 13.1. The number of nitrogens with zero attached hydrogens (tertiary/aromatic N) is 2. The quantitative estimate of drug-likeness (QED) is 0.889. The predicted octanol–water partition coefficient (Wildman–Crippen LogP) is 2.08. The van der Waals surface area contributed by atoms with Gasteiger partial charge in [0.15, 0.2) is 0 Å². The Balaban J connectivity index is 2.04. The third-order valence-corrected chi connectivity index (χ3v) is 3.71. The number of hydrogen-bond donors (Lipinski definition) is 1. The topological polar surface area (TPSA) is 53.4 Å². The summed E-state index contributed by atoms with van der Waals surface area (Å²) in [5.41, 5.74) is 2.22. The molecule has 2 atom stereocenters. The highest BCUT2D eigenvalue weighted by Gasteiger charge is 2.29. The summed E-state index contributed by atoms with van der Waals surface area (Å²) in [6.07, 6.45) is 3.57. The van der Waals surface area contributed by atoms with Gasteiger partial charge in [0.25, 0.3) is 0 Å². The number of piperidine rings is 1. The van der Waals surface area contributed by atoms with Crippen LogP contribution in [0.5, 0.6) is 0 Å². The number of rotatable bonds is 3. The Morgan fingerprint density at radius 3 is 3.00 bits per heavy atom. The number of carboxylic acid groups (broad SMARTS) is 1. The standard InChI is InChI=1S/C14H20N2O2/c1-10-7-12(5-6-15-10)8-16-9-13(14(17)18)4-3-11(16)2/h5-7,11,13H,3-4,8-9H2,1-2H3,(H,17,18)/t11-,13+/m1/s1. The van der Waals surface area contributed by atoms with Crippen molar-refractivity contribution in [1.29, 1.82) is 0 Å². The van der Waals surface area contributed by atoms with E-state index in [9.17, 15) is 4.79 Å². The molecule has 1 N–H and O–H groups in total. The van der Waals surface area contributed by atoms with Crippen LogP contribution >= 0.6 is 0 Å². The van der Waals surface area contributed by atoms with E-state index in [2.05, 4.69) is 22.9 Å². The van der Waals surface area contributed by atoms with Crippen molar-refractivity contribution in [3.05, 3.63) is 29.6 Å². The molecule has 0 amide bonds. The molecule has 0 aromatic carbocycles. The zero-order valence-corrected chi connectivity index (χ0v) is 11.0. The molecule has 0 unspecified atom stereocenters. The molecule has 2 rings (SSSR count). The molecule has 1 fully saturated rings. The zero-order valence-electron chi connectivity index (χ0n) is 11.0. The Kier molecular flexibility index (Phi) is 3.97. The van der Waals surface area contributed by atoms with E-state index in [0.29, 0.717) is 12.6 Å². The summed E-state index contributed by atoms with van der Waals surface area (Å²) >= 11 is 0. The lowest BCUT2D eigenvalue weighted by atomic mass is 9.93. The van der Waals surface area contributed by atoms with E-state index in [0.717, 1.165) is 25.1 Å². The molecular weight excluding hydrogens is 228 g/mol. The summed E-state index contributed by atoms with van der Waals surface area (Å²) < 4.78 is 0. The molecule has 4 nitrogen and oxygen atoms in total. The van der Waals surface area contributed by atoms with Crippen molar-refractivity contribution in [2.45, 2.75) is 39.3 Å². The van der Waals surface area contributed by atoms with Crippen molar-refractivity contribution in [3.8, 4) is 0 Å². The van der Waals surface area contributed by atoms with E-state index in [1.165, 1.54) is 5.56 Å². The molecule has 1 aromatic rings. The van der Waals surface area contributed by atoms with E-state index in [1.54, 1.807) is 0 Å². The number of hydrogen-bond acceptors (Lipinski definition) is 3. The van der Waals surface area contributed by atoms with E-state index in [1.807, 2.05) is 19.2 Å². The summed E-state index contributed by atoms with van der Waals surface area (Å²) in [6.45, 7) is 5.61. The van der Waals surface area contributed by atoms with Crippen molar-refractivity contribution in [2.75, 3.05) is 6.54 Å². The summed E-state index contributed by atoms with van der Waals surface area (Å²) in [7, 11) is 0. The van der Waals surface area contributed by atoms with Crippen LogP contribution in [0.3, 0.4) is 0 Å². The van der Waals surface area contributed by atoms with Crippen molar-refractivity contribution >= 4 is 5.97 Å². The molecule has 18 heavy (non-hydrogen) atoms. The smallest absolute Gasteiger partial charge is 0.307 e. The second-order valence-corrected chi connectivity index (χ2v) is 5.20. The maximum Gasteiger partial charge on any atom is 0.307 e. The molecule has 98 valence electrons. The lowest BCUT2D eigenvalue weighted by molar-refractivity contribution is -0.144. The first-order valence-corrected chi connectivity index (χ1v) is 6.44. The molecule has 1 saturated heterocycles. The SMILES string of the molecule is Cc1cc(CN2C[C@@H](C(=O)O)CC[C@H]2C)ccn1. The fourth-order valence-corrected chi connectivity index (χ4v) is 2.54. The average Bonchev–Trinajstić information content (AvgIpc) is 2.31. The first kappa shape index (κ1) is 13.0. The lowest BCUT2D eigenvalue weighted by Crippen LogP contribution is -2.43. The number of aromatic nitrogens is 1. The summed E-state index contributed by atoms with van der Waals surface area (Å²) in [5.74, 6) is -0.887. The maximum atomic E-state index is 11.1. The third kappa shape index (κ3) is 3.07. The van der Waals surface area contributed by atoms with Gasteiger partial charge in [0.05, 0.1) is 5.92 Å². The normalized spacial score (nSPS) is 25.0. The molecule has 2 heterocycles. The van der Waals surface area contributed by atoms with Crippen molar-refractivity contribution in [3.63, 3.8) is 0 Å². The number of likely N-dealkylation sites (tertiary alicyclic amines) is 1. The number of aliphatic carboxylic acids is 1. The van der Waals surface area contributed by atoms with E-state index >= 15 is 0 Å². The molecule has 0 aliphatic carbocycles. The van der Waals surface area contributed by atoms with Gasteiger partial charge in [-0.1, -0.05) is 0 Å². The number of pyridine rings is 1. The van der Waals surface area contributed by atoms with Gasteiger partial charge in [-0.2, -0.15) is 0 Å². The number of aryl methyl sites for hydroxylation is 1. The Bertz CT molecular complexity index is 434. The summed E-state index contributed by atoms with van der Waals surface area (Å²) in [4.78, 5) is 17.5. The van der Waals surface area contributed by atoms with E-state index in [-0.39, 0.29) is 5.92 Å². The predicted molar refractivity (Wildman–Crippen MR) is 69.2 cm³/mol. The van der Waals surface area contributed by atoms with Crippen LogP contribution in [0.1, 0.15) is 31.0 Å². The highest BCUT2D eigenvalue weighted by atomic mass is 16.4. The highest BCUT2D eigenvalue weighted by Crippen LogP contribution is 2.23. The molecule has 1 aliphatic rings. The average molecular weight is 248 g/mol. The molecule has 0 saturated carbocycles. The van der Waals surface area contributed by atoms with Gasteiger partial charge in [-0.3, -0.25) is 14.7 Å². The Hall–Kier alpha value is -1.42. The van der Waals surface area contributed by atoms with Crippen molar-refractivity contribution < 1.29 is 9.90 Å². The first-order chi connectivity index (χ1) is 8.56. The summed E-state index contributed by atoms with van der Waals surface area (Å²) in [5, 5.41) is 9.12. The van der Waals surface area contributed by atoms with Gasteiger partial charge in [-0.05, 0) is 44.4 Å². The van der Waals surface area contributed by atoms with Crippen LogP contribution in [0.4, 0.5) is 0 Å². The Morgan fingerprint density at radius 2 is 2.33 bits per heavy atom. The largest absolute Gasteiger partial charge is 0.481 e. The maximum absolute atomic E-state index is 11.1. The van der Waals surface area contributed by atoms with Crippen molar-refractivity contribution in [2.24, 2.45) is 5.92 Å². The van der Waals surface area contributed by atoms with Gasteiger partial charge in [0.2, 0.25) is 0 Å². The minimum Gasteiger partial charge on any atom is -0.481 e. The van der Waals surface area contributed by atoms with Crippen molar-refractivity contribution in [1.82, 2.24) is 9.88 Å². The number of carbonyl (C=O) groups is 1. The van der Waals surface area contributed by atoms with Crippen LogP contribution in [-0.2, 0) is 11.3 Å². The Labute approximate surface area is 108 Å². The van der Waals surface area contributed by atoms with Crippen LogP contribution < -0.4 is 0 Å². The number of carboxylic acids is 1. The van der Waals surface area contributed by atoms with Gasteiger partial charge < -0.3 is 5.11 Å². The molecule has 0 bridgehead atoms. The lowest BCUT2D eigenvalue weighted by Gasteiger charge is -2.36. The Morgan fingerprint density at radius 1 is 1.56 bits per heavy atom. The van der Waals surface area contributed by atoms with Gasteiger partial charge in [-0.15, -0.1) is 0 Å².